The molecule has 0 aliphatic carbocycles. The van der Waals surface area contributed by atoms with E-state index in [0.29, 0.717) is 28.7 Å². The van der Waals surface area contributed by atoms with Gasteiger partial charge in [0.2, 0.25) is 0 Å². The maximum Gasteiger partial charge on any atom is 0.166 e. The number of benzene rings is 8. The highest BCUT2D eigenvalue weighted by Crippen LogP contribution is 2.41. The van der Waals surface area contributed by atoms with E-state index in [-0.39, 0.29) is 52.0 Å². The maximum absolute atomic E-state index is 9.15. The van der Waals surface area contributed by atoms with E-state index in [1.54, 1.807) is 28.0 Å². The minimum atomic E-state index is -0.462. The molecule has 0 fully saturated rings. The topological polar surface area (TPSA) is 43.6 Å². The summed E-state index contributed by atoms with van der Waals surface area (Å²) in [5.74, 6) is 1.12. The van der Waals surface area contributed by atoms with Gasteiger partial charge in [-0.15, -0.1) is 11.3 Å². The number of fused-ring (bicyclic) bond motifs is 6. The number of hydrogen-bond donors (Lipinski definition) is 0. The molecular formula is C51H32N4S. The molecule has 0 bridgehead atoms. The fourth-order valence-corrected chi connectivity index (χ4v) is 8.83. The van der Waals surface area contributed by atoms with E-state index in [9.17, 15) is 0 Å². The lowest BCUT2D eigenvalue weighted by Crippen LogP contribution is -2.03. The Balaban J connectivity index is 1.17. The molecule has 0 saturated heterocycles. The van der Waals surface area contributed by atoms with Crippen LogP contribution in [-0.4, -0.2) is 19.5 Å². The van der Waals surface area contributed by atoms with Crippen molar-refractivity contribution in [1.82, 2.24) is 19.5 Å². The van der Waals surface area contributed by atoms with Crippen molar-refractivity contribution < 1.29 is 9.60 Å². The van der Waals surface area contributed by atoms with Gasteiger partial charge < -0.3 is 4.57 Å². The Hall–Kier alpha value is -7.21. The molecule has 3 aromatic heterocycles. The van der Waals surface area contributed by atoms with E-state index in [1.165, 1.54) is 26.2 Å². The Morgan fingerprint density at radius 1 is 0.411 bits per heavy atom. The van der Waals surface area contributed by atoms with Crippen LogP contribution >= 0.6 is 11.3 Å². The molecule has 0 aliphatic rings. The van der Waals surface area contributed by atoms with Crippen molar-refractivity contribution in [2.75, 3.05) is 0 Å². The van der Waals surface area contributed by atoms with Gasteiger partial charge in [-0.25, -0.2) is 15.0 Å². The molecule has 0 aliphatic heterocycles. The molecule has 0 atom stereocenters. The molecule has 11 aromatic rings. The summed E-state index contributed by atoms with van der Waals surface area (Å²) in [6.45, 7) is 0. The summed E-state index contributed by atoms with van der Waals surface area (Å²) in [4.78, 5) is 15.4. The van der Waals surface area contributed by atoms with Crippen LogP contribution in [0.25, 0.3) is 104 Å². The molecule has 3 heterocycles. The second-order valence-corrected chi connectivity index (χ2v) is 14.5. The van der Waals surface area contributed by atoms with E-state index in [2.05, 4.69) is 66.7 Å². The van der Waals surface area contributed by atoms with Gasteiger partial charge in [-0.2, -0.15) is 0 Å². The first-order valence-electron chi connectivity index (χ1n) is 21.7. The highest BCUT2D eigenvalue weighted by atomic mass is 32.1. The molecule has 0 amide bonds. The van der Waals surface area contributed by atoms with Gasteiger partial charge in [0, 0.05) is 47.6 Å². The summed E-state index contributed by atoms with van der Waals surface area (Å²) in [7, 11) is 0. The smallest absolute Gasteiger partial charge is 0.166 e. The van der Waals surface area contributed by atoms with Gasteiger partial charge in [0.05, 0.1) is 26.3 Å². The first-order chi connectivity index (χ1) is 30.7. The van der Waals surface area contributed by atoms with Crippen molar-refractivity contribution in [3.8, 4) is 62.1 Å². The predicted octanol–water partition coefficient (Wildman–Crippen LogP) is 13.7. The summed E-state index contributed by atoms with van der Waals surface area (Å²) in [5.41, 5.74) is 6.83. The molecule has 0 N–H and O–H groups in total. The number of aromatic nitrogens is 4. The molecule has 0 radical (unpaired) electrons. The molecule has 0 spiro atoms. The zero-order valence-electron chi connectivity index (χ0n) is 36.6. The van der Waals surface area contributed by atoms with Gasteiger partial charge in [-0.3, -0.25) is 0 Å². The summed E-state index contributed by atoms with van der Waals surface area (Å²) in [6, 6.07) is 47.5. The van der Waals surface area contributed by atoms with E-state index in [4.69, 9.17) is 24.5 Å². The van der Waals surface area contributed by atoms with E-state index in [1.807, 2.05) is 66.7 Å². The average molecular weight is 740 g/mol. The van der Waals surface area contributed by atoms with Crippen LogP contribution in [-0.2, 0) is 0 Å². The van der Waals surface area contributed by atoms with E-state index < -0.39 is 12.1 Å². The third-order valence-corrected chi connectivity index (χ3v) is 11.4. The highest BCUT2D eigenvalue weighted by molar-refractivity contribution is 7.26. The largest absolute Gasteiger partial charge is 0.309 e. The highest BCUT2D eigenvalue weighted by Gasteiger charge is 2.20. The van der Waals surface area contributed by atoms with Crippen LogP contribution < -0.4 is 0 Å². The number of nitrogens with zero attached hydrogens (tertiary/aromatic N) is 4. The third-order valence-electron chi connectivity index (χ3n) is 10.2. The maximum atomic E-state index is 9.15. The van der Waals surface area contributed by atoms with Gasteiger partial charge in [0.25, 0.3) is 0 Å². The SMILES string of the molecule is [2H]c1cc([2H])c2c(c1[2H])c1c([2H])c([2H])c([2H])c([2H])c1n2-c1ccccc1-c1nc(-c2cccc(-c3ccccc3)c2)nc(-c2cccc(-c3cccc4c3sc3ccccc34)c2)n1. The van der Waals surface area contributed by atoms with Crippen LogP contribution in [0.2, 0.25) is 0 Å². The fourth-order valence-electron chi connectivity index (χ4n) is 7.59. The Morgan fingerprint density at radius 2 is 1.00 bits per heavy atom. The Morgan fingerprint density at radius 3 is 1.86 bits per heavy atom. The third kappa shape index (κ3) is 5.40. The molecule has 11 rings (SSSR count). The number of rotatable bonds is 6. The van der Waals surface area contributed by atoms with Crippen molar-refractivity contribution in [3.63, 3.8) is 0 Å². The van der Waals surface area contributed by atoms with Gasteiger partial charge >= 0.3 is 0 Å². The molecule has 0 unspecified atom stereocenters. The molecule has 262 valence electrons. The number of hydrogen-bond acceptors (Lipinski definition) is 4. The molecule has 8 aromatic carbocycles. The second-order valence-electron chi connectivity index (χ2n) is 13.5. The lowest BCUT2D eigenvalue weighted by molar-refractivity contribution is 1.06. The van der Waals surface area contributed by atoms with Crippen molar-refractivity contribution in [2.45, 2.75) is 0 Å². The first-order valence-corrected chi connectivity index (χ1v) is 19.0. The Bertz CT molecular complexity index is 3680. The van der Waals surface area contributed by atoms with Crippen LogP contribution in [0.4, 0.5) is 0 Å². The van der Waals surface area contributed by atoms with Gasteiger partial charge in [0.1, 0.15) is 0 Å². The minimum Gasteiger partial charge on any atom is -0.309 e. The predicted molar refractivity (Wildman–Crippen MR) is 234 cm³/mol. The van der Waals surface area contributed by atoms with Crippen LogP contribution in [0.15, 0.2) is 194 Å². The Kier molecular flexibility index (Phi) is 6.10. The monoisotopic (exact) mass is 739 g/mol. The van der Waals surface area contributed by atoms with Gasteiger partial charge in [-0.1, -0.05) is 152 Å². The normalized spacial score (nSPS) is 13.3. The summed E-state index contributed by atoms with van der Waals surface area (Å²) < 4.78 is 65.9. The summed E-state index contributed by atoms with van der Waals surface area (Å²) in [5, 5.41) is 2.58. The molecule has 0 saturated carbocycles. The van der Waals surface area contributed by atoms with Gasteiger partial charge in [-0.05, 0) is 64.7 Å². The van der Waals surface area contributed by atoms with Crippen molar-refractivity contribution in [2.24, 2.45) is 0 Å². The van der Waals surface area contributed by atoms with Crippen molar-refractivity contribution >= 4 is 53.3 Å². The standard InChI is InChI=1S/C51H32N4S/c1-2-15-33(16-3-1)34-17-12-19-36(31-34)49-52-50(37-20-13-18-35(32-37)38-25-14-26-42-41-23-7-11-30-47(41)56-48(38)42)54-51(53-49)43-24-6-10-29-46(43)55-44-27-8-4-21-39(44)40-22-5-9-28-45(40)55/h1-32H/i4D,5D,8D,21D,22D,27D,28D. The van der Waals surface area contributed by atoms with Crippen LogP contribution in [0.1, 0.15) is 9.60 Å². The molecular weight excluding hydrogens is 701 g/mol. The van der Waals surface area contributed by atoms with E-state index in [0.717, 1.165) is 33.4 Å². The molecule has 4 nitrogen and oxygen atoms in total. The lowest BCUT2D eigenvalue weighted by Gasteiger charge is -2.15. The average Bonchev–Trinajstić information content (AvgIpc) is 3.90. The van der Waals surface area contributed by atoms with E-state index >= 15 is 0 Å². The molecule has 5 heteroatoms. The van der Waals surface area contributed by atoms with Crippen LogP contribution in [0, 0.1) is 0 Å². The zero-order valence-corrected chi connectivity index (χ0v) is 30.4. The van der Waals surface area contributed by atoms with Crippen LogP contribution in [0.3, 0.4) is 0 Å². The van der Waals surface area contributed by atoms with Crippen LogP contribution in [0.5, 0.6) is 0 Å². The lowest BCUT2D eigenvalue weighted by atomic mass is 10.0. The summed E-state index contributed by atoms with van der Waals surface area (Å²) in [6.07, 6.45) is 0. The Labute approximate surface area is 337 Å². The molecule has 56 heavy (non-hydrogen) atoms. The quantitative estimate of drug-likeness (QED) is 0.171. The zero-order chi connectivity index (χ0) is 43.1. The number of thiophene rings is 1. The van der Waals surface area contributed by atoms with Crippen molar-refractivity contribution in [1.29, 1.82) is 0 Å². The minimum absolute atomic E-state index is 0.0682. The summed E-state index contributed by atoms with van der Waals surface area (Å²) >= 11 is 1.77. The van der Waals surface area contributed by atoms with Gasteiger partial charge in [0.15, 0.2) is 17.5 Å². The first kappa shape index (κ1) is 25.7. The van der Waals surface area contributed by atoms with Crippen molar-refractivity contribution in [3.05, 3.63) is 194 Å². The second kappa shape index (κ2) is 13.3. The fraction of sp³-hybridized carbons (Fsp3) is 0. The number of para-hydroxylation sites is 3.